The first-order valence-corrected chi connectivity index (χ1v) is 9.22. The number of nitrogens with zero attached hydrogens (tertiary/aromatic N) is 2. The van der Waals surface area contributed by atoms with Crippen molar-refractivity contribution in [2.24, 2.45) is 5.92 Å². The third-order valence-electron chi connectivity index (χ3n) is 4.93. The predicted molar refractivity (Wildman–Crippen MR) is 102 cm³/mol. The number of amides is 2. The molecule has 25 heavy (non-hydrogen) atoms. The molecule has 0 spiro atoms. The van der Waals surface area contributed by atoms with Gasteiger partial charge in [0.05, 0.1) is 6.54 Å². The summed E-state index contributed by atoms with van der Waals surface area (Å²) >= 11 is 6.10. The molecule has 0 unspecified atom stereocenters. The lowest BCUT2D eigenvalue weighted by Crippen LogP contribution is -2.46. The third kappa shape index (κ3) is 5.11. The highest BCUT2D eigenvalue weighted by Gasteiger charge is 2.29. The van der Waals surface area contributed by atoms with Crippen LogP contribution in [-0.4, -0.2) is 54.3 Å². The molecule has 1 aliphatic rings. The highest BCUT2D eigenvalue weighted by Crippen LogP contribution is 2.22. The van der Waals surface area contributed by atoms with Crippen molar-refractivity contribution in [2.75, 3.05) is 32.0 Å². The van der Waals surface area contributed by atoms with Crippen LogP contribution in [-0.2, 0) is 9.59 Å². The van der Waals surface area contributed by atoms with Gasteiger partial charge in [0.1, 0.15) is 0 Å². The number of benzene rings is 1. The summed E-state index contributed by atoms with van der Waals surface area (Å²) in [6.45, 7) is 7.48. The van der Waals surface area contributed by atoms with Gasteiger partial charge in [-0.2, -0.15) is 0 Å². The fourth-order valence-corrected chi connectivity index (χ4v) is 3.09. The number of piperidine rings is 1. The standard InChI is InChI=1S/C19H28ClN3O2/c1-13(2)22(4)19(25)15-7-9-23(10-8-15)18(24)12-21-16-6-5-14(3)17(20)11-16/h5-6,11,13,15,21H,7-10,12H2,1-4H3. The molecule has 0 atom stereocenters. The molecule has 0 aliphatic carbocycles. The number of halogens is 1. The molecule has 0 saturated carbocycles. The van der Waals surface area contributed by atoms with Gasteiger partial charge >= 0.3 is 0 Å². The van der Waals surface area contributed by atoms with Gasteiger partial charge in [-0.25, -0.2) is 0 Å². The van der Waals surface area contributed by atoms with Crippen LogP contribution in [0.5, 0.6) is 0 Å². The van der Waals surface area contributed by atoms with Gasteiger partial charge in [-0.1, -0.05) is 17.7 Å². The SMILES string of the molecule is Cc1ccc(NCC(=O)N2CCC(C(=O)N(C)C(C)C)CC2)cc1Cl. The molecule has 1 aliphatic heterocycles. The second kappa shape index (κ2) is 8.56. The number of anilines is 1. The van der Waals surface area contributed by atoms with Crippen LogP contribution in [0.1, 0.15) is 32.3 Å². The molecule has 1 N–H and O–H groups in total. The summed E-state index contributed by atoms with van der Waals surface area (Å²) in [4.78, 5) is 28.4. The summed E-state index contributed by atoms with van der Waals surface area (Å²) in [5.41, 5.74) is 1.85. The monoisotopic (exact) mass is 365 g/mol. The van der Waals surface area contributed by atoms with Crippen LogP contribution in [0.25, 0.3) is 0 Å². The zero-order valence-corrected chi connectivity index (χ0v) is 16.3. The van der Waals surface area contributed by atoms with E-state index in [2.05, 4.69) is 5.32 Å². The Hall–Kier alpha value is -1.75. The van der Waals surface area contributed by atoms with E-state index in [4.69, 9.17) is 11.6 Å². The molecule has 0 aromatic heterocycles. The summed E-state index contributed by atoms with van der Waals surface area (Å²) in [6, 6.07) is 5.88. The van der Waals surface area contributed by atoms with Gasteiger partial charge in [-0.3, -0.25) is 9.59 Å². The van der Waals surface area contributed by atoms with Gasteiger partial charge in [-0.15, -0.1) is 0 Å². The number of hydrogen-bond donors (Lipinski definition) is 1. The molecule has 0 radical (unpaired) electrons. The van der Waals surface area contributed by atoms with E-state index in [0.29, 0.717) is 18.1 Å². The minimum Gasteiger partial charge on any atom is -0.376 e. The number of carbonyl (C=O) groups excluding carboxylic acids is 2. The lowest BCUT2D eigenvalue weighted by atomic mass is 9.95. The second-order valence-corrected chi connectivity index (χ2v) is 7.42. The molecule has 2 amide bonds. The van der Waals surface area contributed by atoms with Crippen molar-refractivity contribution in [3.63, 3.8) is 0 Å². The molecule has 1 fully saturated rings. The minimum atomic E-state index is 0.0281. The topological polar surface area (TPSA) is 52.7 Å². The molecule has 1 saturated heterocycles. The number of carbonyl (C=O) groups is 2. The molecular formula is C19H28ClN3O2. The van der Waals surface area contributed by atoms with Crippen molar-refractivity contribution in [3.05, 3.63) is 28.8 Å². The maximum atomic E-state index is 12.4. The normalized spacial score (nSPS) is 15.4. The van der Waals surface area contributed by atoms with E-state index in [1.165, 1.54) is 0 Å². The Morgan fingerprint density at radius 1 is 1.32 bits per heavy atom. The fourth-order valence-electron chi connectivity index (χ4n) is 2.91. The largest absolute Gasteiger partial charge is 0.376 e. The van der Waals surface area contributed by atoms with Crippen molar-refractivity contribution >= 4 is 29.1 Å². The van der Waals surface area contributed by atoms with Crippen LogP contribution in [0.15, 0.2) is 18.2 Å². The molecule has 6 heteroatoms. The summed E-state index contributed by atoms with van der Waals surface area (Å²) in [5.74, 6) is 0.273. The summed E-state index contributed by atoms with van der Waals surface area (Å²) < 4.78 is 0. The lowest BCUT2D eigenvalue weighted by Gasteiger charge is -2.34. The summed E-state index contributed by atoms with van der Waals surface area (Å²) in [5, 5.41) is 3.81. The Kier molecular flexibility index (Phi) is 6.71. The Bertz CT molecular complexity index is 625. The van der Waals surface area contributed by atoms with Gasteiger partial charge < -0.3 is 15.1 Å². The zero-order chi connectivity index (χ0) is 18.6. The van der Waals surface area contributed by atoms with E-state index in [1.54, 1.807) is 4.90 Å². The Labute approximate surface area is 155 Å². The van der Waals surface area contributed by atoms with Crippen molar-refractivity contribution in [1.82, 2.24) is 9.80 Å². The average Bonchev–Trinajstić information content (AvgIpc) is 2.61. The molecule has 2 rings (SSSR count). The van der Waals surface area contributed by atoms with Crippen LogP contribution >= 0.6 is 11.6 Å². The van der Waals surface area contributed by atoms with E-state index < -0.39 is 0 Å². The van der Waals surface area contributed by atoms with Gasteiger partial charge in [0.2, 0.25) is 11.8 Å². The molecule has 138 valence electrons. The van der Waals surface area contributed by atoms with E-state index in [-0.39, 0.29) is 30.3 Å². The maximum absolute atomic E-state index is 12.4. The Balaban J connectivity index is 1.81. The first-order chi connectivity index (χ1) is 11.8. The molecule has 0 bridgehead atoms. The summed E-state index contributed by atoms with van der Waals surface area (Å²) in [7, 11) is 1.85. The fraction of sp³-hybridized carbons (Fsp3) is 0.579. The first-order valence-electron chi connectivity index (χ1n) is 8.84. The van der Waals surface area contributed by atoms with Gasteiger partial charge in [0.25, 0.3) is 0 Å². The Morgan fingerprint density at radius 2 is 1.96 bits per heavy atom. The van der Waals surface area contributed by atoms with Crippen LogP contribution in [0.2, 0.25) is 5.02 Å². The molecule has 5 nitrogen and oxygen atoms in total. The van der Waals surface area contributed by atoms with E-state index in [9.17, 15) is 9.59 Å². The van der Waals surface area contributed by atoms with Crippen LogP contribution in [0, 0.1) is 12.8 Å². The number of nitrogens with one attached hydrogen (secondary N) is 1. The molecular weight excluding hydrogens is 338 g/mol. The highest BCUT2D eigenvalue weighted by molar-refractivity contribution is 6.31. The second-order valence-electron chi connectivity index (χ2n) is 7.02. The van der Waals surface area contributed by atoms with E-state index >= 15 is 0 Å². The smallest absolute Gasteiger partial charge is 0.241 e. The van der Waals surface area contributed by atoms with Crippen LogP contribution in [0.3, 0.4) is 0 Å². The lowest BCUT2D eigenvalue weighted by molar-refractivity contribution is -0.140. The number of rotatable bonds is 5. The highest BCUT2D eigenvalue weighted by atomic mass is 35.5. The third-order valence-corrected chi connectivity index (χ3v) is 5.34. The van der Waals surface area contributed by atoms with Crippen molar-refractivity contribution in [3.8, 4) is 0 Å². The molecule has 1 aromatic carbocycles. The van der Waals surface area contributed by atoms with E-state index in [1.807, 2.05) is 50.9 Å². The number of hydrogen-bond acceptors (Lipinski definition) is 3. The van der Waals surface area contributed by atoms with Crippen molar-refractivity contribution in [1.29, 1.82) is 0 Å². The Morgan fingerprint density at radius 3 is 2.52 bits per heavy atom. The summed E-state index contributed by atoms with van der Waals surface area (Å²) in [6.07, 6.45) is 1.47. The molecule has 1 heterocycles. The zero-order valence-electron chi connectivity index (χ0n) is 15.5. The van der Waals surface area contributed by atoms with Gasteiger partial charge in [0, 0.05) is 42.8 Å². The average molecular weight is 366 g/mol. The quantitative estimate of drug-likeness (QED) is 0.872. The van der Waals surface area contributed by atoms with Crippen molar-refractivity contribution < 1.29 is 9.59 Å². The maximum Gasteiger partial charge on any atom is 0.241 e. The van der Waals surface area contributed by atoms with Crippen LogP contribution < -0.4 is 5.32 Å². The van der Waals surface area contributed by atoms with Gasteiger partial charge in [-0.05, 0) is 51.3 Å². The van der Waals surface area contributed by atoms with E-state index in [0.717, 1.165) is 24.1 Å². The molecule has 1 aromatic rings. The minimum absolute atomic E-state index is 0.0281. The number of aryl methyl sites for hydroxylation is 1. The van der Waals surface area contributed by atoms with Crippen molar-refractivity contribution in [2.45, 2.75) is 39.7 Å². The predicted octanol–water partition coefficient (Wildman–Crippen LogP) is 3.17. The first kappa shape index (κ1) is 19.6. The van der Waals surface area contributed by atoms with Gasteiger partial charge in [0.15, 0.2) is 0 Å². The van der Waals surface area contributed by atoms with Crippen LogP contribution in [0.4, 0.5) is 5.69 Å². The number of likely N-dealkylation sites (tertiary alicyclic amines) is 1.